The number of aromatic nitrogens is 1. The standard InChI is InChI=1S/C12H10Cl3N3O3/c1-18(4-2-3-16)8(19)6-21-12(20)11-10(15)9(14)7(13)5-17-11/h5H,2,4,6H2,1H3. The number of hydrogen-bond acceptors (Lipinski definition) is 5. The number of ether oxygens (including phenoxy) is 1. The smallest absolute Gasteiger partial charge is 0.359 e. The summed E-state index contributed by atoms with van der Waals surface area (Å²) in [5.41, 5.74) is -0.224. The minimum absolute atomic E-state index is 0.0160. The summed E-state index contributed by atoms with van der Waals surface area (Å²) in [6.45, 7) is -0.238. The van der Waals surface area contributed by atoms with Gasteiger partial charge >= 0.3 is 5.97 Å². The quantitative estimate of drug-likeness (QED) is 0.762. The van der Waals surface area contributed by atoms with E-state index in [9.17, 15) is 9.59 Å². The summed E-state index contributed by atoms with van der Waals surface area (Å²) >= 11 is 17.3. The molecule has 0 aliphatic rings. The molecule has 0 aromatic carbocycles. The molecule has 6 nitrogen and oxygen atoms in total. The van der Waals surface area contributed by atoms with Crippen LogP contribution >= 0.6 is 34.8 Å². The fourth-order valence-electron chi connectivity index (χ4n) is 1.23. The van der Waals surface area contributed by atoms with Crippen LogP contribution < -0.4 is 0 Å². The maximum atomic E-state index is 11.8. The van der Waals surface area contributed by atoms with Crippen molar-refractivity contribution in [2.24, 2.45) is 0 Å². The van der Waals surface area contributed by atoms with Crippen molar-refractivity contribution in [3.05, 3.63) is 27.0 Å². The van der Waals surface area contributed by atoms with Crippen molar-refractivity contribution in [1.82, 2.24) is 9.88 Å². The van der Waals surface area contributed by atoms with E-state index >= 15 is 0 Å². The molecule has 0 aliphatic heterocycles. The third kappa shape index (κ3) is 4.74. The Morgan fingerprint density at radius 3 is 2.67 bits per heavy atom. The fourth-order valence-corrected chi connectivity index (χ4v) is 1.79. The third-order valence-electron chi connectivity index (χ3n) is 2.42. The van der Waals surface area contributed by atoms with E-state index < -0.39 is 18.5 Å². The summed E-state index contributed by atoms with van der Waals surface area (Å²) in [5.74, 6) is -1.34. The van der Waals surface area contributed by atoms with Gasteiger partial charge in [0.1, 0.15) is 0 Å². The van der Waals surface area contributed by atoms with Gasteiger partial charge in [-0.25, -0.2) is 9.78 Å². The molecule has 1 aromatic rings. The zero-order valence-corrected chi connectivity index (χ0v) is 13.2. The zero-order valence-electron chi connectivity index (χ0n) is 10.9. The van der Waals surface area contributed by atoms with Crippen LogP contribution in [0.5, 0.6) is 0 Å². The second-order valence-corrected chi connectivity index (χ2v) is 5.05. The molecule has 0 spiro atoms. The van der Waals surface area contributed by atoms with Crippen LogP contribution in [0.15, 0.2) is 6.20 Å². The van der Waals surface area contributed by atoms with Crippen molar-refractivity contribution < 1.29 is 14.3 Å². The number of halogens is 3. The Hall–Kier alpha value is -1.55. The highest BCUT2D eigenvalue weighted by molar-refractivity contribution is 6.48. The Morgan fingerprint density at radius 1 is 1.38 bits per heavy atom. The topological polar surface area (TPSA) is 83.3 Å². The van der Waals surface area contributed by atoms with Gasteiger partial charge in [-0.2, -0.15) is 5.26 Å². The molecule has 1 heterocycles. The molecule has 9 heteroatoms. The summed E-state index contributed by atoms with van der Waals surface area (Å²) in [7, 11) is 1.50. The van der Waals surface area contributed by atoms with Crippen LogP contribution in [0.25, 0.3) is 0 Å². The molecule has 0 saturated carbocycles. The van der Waals surface area contributed by atoms with Gasteiger partial charge in [0.2, 0.25) is 0 Å². The van der Waals surface area contributed by atoms with E-state index in [0.717, 1.165) is 6.20 Å². The molecule has 0 radical (unpaired) electrons. The summed E-state index contributed by atoms with van der Waals surface area (Å²) < 4.78 is 4.80. The Labute approximate surface area is 136 Å². The Kier molecular flexibility index (Phi) is 6.69. The number of hydrogen-bond donors (Lipinski definition) is 0. The molecule has 0 unspecified atom stereocenters. The molecule has 0 fully saturated rings. The van der Waals surface area contributed by atoms with Crippen molar-refractivity contribution in [2.45, 2.75) is 6.42 Å². The third-order valence-corrected chi connectivity index (χ3v) is 3.66. The first-order chi connectivity index (χ1) is 9.88. The van der Waals surface area contributed by atoms with Crippen LogP contribution in [0.1, 0.15) is 16.9 Å². The highest BCUT2D eigenvalue weighted by atomic mass is 35.5. The van der Waals surface area contributed by atoms with Gasteiger partial charge in [-0.05, 0) is 0 Å². The molecule has 112 valence electrons. The lowest BCUT2D eigenvalue weighted by atomic mass is 10.3. The fraction of sp³-hybridized carbons (Fsp3) is 0.333. The van der Waals surface area contributed by atoms with Gasteiger partial charge < -0.3 is 9.64 Å². The minimum Gasteiger partial charge on any atom is -0.451 e. The molecule has 1 aromatic heterocycles. The van der Waals surface area contributed by atoms with Crippen LogP contribution in [0, 0.1) is 11.3 Å². The van der Waals surface area contributed by atoms with Crippen LogP contribution in [0.2, 0.25) is 15.1 Å². The maximum absolute atomic E-state index is 11.8. The number of nitriles is 1. The predicted molar refractivity (Wildman–Crippen MR) is 77.4 cm³/mol. The number of amides is 1. The van der Waals surface area contributed by atoms with E-state index in [1.54, 1.807) is 0 Å². The van der Waals surface area contributed by atoms with Crippen LogP contribution in [-0.2, 0) is 9.53 Å². The summed E-state index contributed by atoms with van der Waals surface area (Å²) in [4.78, 5) is 28.4. The van der Waals surface area contributed by atoms with E-state index in [1.165, 1.54) is 11.9 Å². The molecule has 0 N–H and O–H groups in total. The van der Waals surface area contributed by atoms with E-state index in [0.29, 0.717) is 0 Å². The molecule has 1 amide bonds. The SMILES string of the molecule is CN(CCC#N)C(=O)COC(=O)c1ncc(Cl)c(Cl)c1Cl. The molecular formula is C12H10Cl3N3O3. The Balaban J connectivity index is 2.65. The maximum Gasteiger partial charge on any atom is 0.359 e. The van der Waals surface area contributed by atoms with Gasteiger partial charge in [0.25, 0.3) is 5.91 Å². The normalized spacial score (nSPS) is 9.86. The van der Waals surface area contributed by atoms with Crippen molar-refractivity contribution in [3.8, 4) is 6.07 Å². The summed E-state index contributed by atoms with van der Waals surface area (Å²) in [6, 6.07) is 1.91. The molecule has 0 atom stereocenters. The summed E-state index contributed by atoms with van der Waals surface area (Å²) in [5, 5.41) is 8.37. The zero-order chi connectivity index (χ0) is 16.0. The second-order valence-electron chi connectivity index (χ2n) is 3.88. The van der Waals surface area contributed by atoms with Crippen molar-refractivity contribution in [1.29, 1.82) is 5.26 Å². The molecule has 0 saturated heterocycles. The van der Waals surface area contributed by atoms with Crippen LogP contribution in [0.4, 0.5) is 0 Å². The van der Waals surface area contributed by atoms with Crippen molar-refractivity contribution in [3.63, 3.8) is 0 Å². The first kappa shape index (κ1) is 17.5. The van der Waals surface area contributed by atoms with Crippen LogP contribution in [0.3, 0.4) is 0 Å². The molecule has 21 heavy (non-hydrogen) atoms. The van der Waals surface area contributed by atoms with Gasteiger partial charge in [0.05, 0.1) is 27.6 Å². The van der Waals surface area contributed by atoms with E-state index in [-0.39, 0.29) is 33.7 Å². The van der Waals surface area contributed by atoms with E-state index in [4.69, 9.17) is 44.8 Å². The Bertz CT molecular complexity index is 601. The predicted octanol–water partition coefficient (Wildman–Crippen LogP) is 2.57. The van der Waals surface area contributed by atoms with Gasteiger partial charge in [0, 0.05) is 19.8 Å². The van der Waals surface area contributed by atoms with E-state index in [1.807, 2.05) is 6.07 Å². The lowest BCUT2D eigenvalue weighted by molar-refractivity contribution is -0.133. The molecular weight excluding hydrogens is 341 g/mol. The number of likely N-dealkylation sites (N-methyl/N-ethyl adjacent to an activating group) is 1. The molecule has 0 bridgehead atoms. The first-order valence-electron chi connectivity index (χ1n) is 5.66. The van der Waals surface area contributed by atoms with Crippen molar-refractivity contribution >= 4 is 46.7 Å². The van der Waals surface area contributed by atoms with Gasteiger partial charge in [-0.3, -0.25) is 4.79 Å². The van der Waals surface area contributed by atoms with E-state index in [2.05, 4.69) is 4.98 Å². The van der Waals surface area contributed by atoms with Crippen LogP contribution in [-0.4, -0.2) is 42.0 Å². The number of carbonyl (C=O) groups excluding carboxylic acids is 2. The lowest BCUT2D eigenvalue weighted by Gasteiger charge is -2.15. The number of nitrogens with zero attached hydrogens (tertiary/aromatic N) is 3. The van der Waals surface area contributed by atoms with Gasteiger partial charge in [-0.15, -0.1) is 0 Å². The first-order valence-corrected chi connectivity index (χ1v) is 6.79. The molecule has 0 aliphatic carbocycles. The Morgan fingerprint density at radius 2 is 2.05 bits per heavy atom. The highest BCUT2D eigenvalue weighted by Gasteiger charge is 2.20. The van der Waals surface area contributed by atoms with Gasteiger partial charge in [0.15, 0.2) is 12.3 Å². The average molecular weight is 351 g/mol. The monoisotopic (exact) mass is 349 g/mol. The summed E-state index contributed by atoms with van der Waals surface area (Å²) in [6.07, 6.45) is 1.35. The number of rotatable bonds is 5. The second kappa shape index (κ2) is 8.03. The highest BCUT2D eigenvalue weighted by Crippen LogP contribution is 2.31. The number of esters is 1. The molecule has 1 rings (SSSR count). The average Bonchev–Trinajstić information content (AvgIpc) is 2.47. The minimum atomic E-state index is -0.888. The van der Waals surface area contributed by atoms with Gasteiger partial charge in [-0.1, -0.05) is 34.8 Å². The largest absolute Gasteiger partial charge is 0.451 e. The number of carbonyl (C=O) groups is 2. The number of pyridine rings is 1. The van der Waals surface area contributed by atoms with Crippen molar-refractivity contribution in [2.75, 3.05) is 20.2 Å². The lowest BCUT2D eigenvalue weighted by Crippen LogP contribution is -2.32.